The van der Waals surface area contributed by atoms with E-state index >= 15 is 0 Å². The van der Waals surface area contributed by atoms with Crippen LogP contribution in [0.5, 0.6) is 0 Å². The third-order valence-electron chi connectivity index (χ3n) is 6.26. The standard InChI is InChI=1S/C24H34O5SeSi/c1-22(2,3)23(4)28-21(26)24(29-23)14-17(19(25)27-5)18(15-24)20(31(6,7)8)30-16-12-10-9-11-13-16/h9-13,17H,14-15H2,1-8H3/b20-18+/t17-,23+,24-/m0/s1. The predicted octanol–water partition coefficient (Wildman–Crippen LogP) is 3.81. The molecule has 0 amide bonds. The molecule has 0 radical (unpaired) electrons. The van der Waals surface area contributed by atoms with Gasteiger partial charge in [-0.3, -0.25) is 0 Å². The van der Waals surface area contributed by atoms with E-state index in [0.717, 1.165) is 5.57 Å². The van der Waals surface area contributed by atoms with Crippen molar-refractivity contribution in [3.63, 3.8) is 0 Å². The Balaban J connectivity index is 2.11. The van der Waals surface area contributed by atoms with Crippen molar-refractivity contribution in [2.24, 2.45) is 11.3 Å². The molecular weight excluding hydrogens is 475 g/mol. The fourth-order valence-electron chi connectivity index (χ4n) is 4.11. The number of cyclic esters (lactones) is 1. The number of hydrogen-bond acceptors (Lipinski definition) is 5. The Kier molecular flexibility index (Phi) is 6.40. The van der Waals surface area contributed by atoms with Crippen LogP contribution in [0.15, 0.2) is 40.0 Å². The van der Waals surface area contributed by atoms with Gasteiger partial charge in [-0.1, -0.05) is 0 Å². The monoisotopic (exact) mass is 510 g/mol. The van der Waals surface area contributed by atoms with Crippen molar-refractivity contribution in [1.82, 2.24) is 0 Å². The van der Waals surface area contributed by atoms with Gasteiger partial charge in [-0.2, -0.15) is 0 Å². The Hall–Kier alpha value is -1.40. The number of esters is 2. The zero-order valence-corrected chi connectivity index (χ0v) is 22.5. The van der Waals surface area contributed by atoms with Crippen molar-refractivity contribution in [2.45, 2.75) is 71.6 Å². The van der Waals surface area contributed by atoms with Gasteiger partial charge in [0, 0.05) is 0 Å². The van der Waals surface area contributed by atoms with Gasteiger partial charge in [0.05, 0.1) is 0 Å². The third kappa shape index (κ3) is 4.56. The van der Waals surface area contributed by atoms with Crippen LogP contribution in [-0.2, 0) is 23.8 Å². The molecule has 0 bridgehead atoms. The van der Waals surface area contributed by atoms with Crippen LogP contribution < -0.4 is 4.46 Å². The molecule has 1 heterocycles. The first-order valence-electron chi connectivity index (χ1n) is 10.7. The van der Waals surface area contributed by atoms with E-state index in [1.54, 1.807) is 0 Å². The quantitative estimate of drug-likeness (QED) is 0.457. The average molecular weight is 510 g/mol. The molecule has 1 saturated carbocycles. The van der Waals surface area contributed by atoms with Crippen LogP contribution in [0.4, 0.5) is 0 Å². The third-order valence-corrected chi connectivity index (χ3v) is 14.4. The molecule has 170 valence electrons. The molecule has 5 nitrogen and oxygen atoms in total. The second-order valence-corrected chi connectivity index (χ2v) is 18.7. The number of methoxy groups -OCH3 is 1. The SMILES string of the molecule is COC(=O)[C@H]1C[C@@]2(C/C1=C(/[Se]c1ccccc1)[Si](C)(C)C)O[C@](C)(C(C)(C)C)OC2=O. The fraction of sp³-hybridized carbons (Fsp3) is 0.583. The first-order valence-corrected chi connectivity index (χ1v) is 15.9. The number of benzene rings is 1. The number of hydrogen-bond donors (Lipinski definition) is 0. The van der Waals surface area contributed by atoms with E-state index in [0.29, 0.717) is 6.42 Å². The average Bonchev–Trinajstić information content (AvgIpc) is 3.16. The molecule has 0 unspecified atom stereocenters. The summed E-state index contributed by atoms with van der Waals surface area (Å²) in [4.78, 5) is 26.1. The van der Waals surface area contributed by atoms with Crippen molar-refractivity contribution in [3.05, 3.63) is 40.0 Å². The maximum atomic E-state index is 13.2. The molecule has 1 aliphatic carbocycles. The fourth-order valence-corrected chi connectivity index (χ4v) is 10.0. The summed E-state index contributed by atoms with van der Waals surface area (Å²) in [6, 6.07) is 10.4. The van der Waals surface area contributed by atoms with Crippen LogP contribution >= 0.6 is 0 Å². The molecule has 3 rings (SSSR count). The van der Waals surface area contributed by atoms with Crippen LogP contribution in [0.1, 0.15) is 40.5 Å². The number of carbonyl (C=O) groups is 2. The predicted molar refractivity (Wildman–Crippen MR) is 125 cm³/mol. The van der Waals surface area contributed by atoms with Gasteiger partial charge >= 0.3 is 193 Å². The molecule has 1 saturated heterocycles. The van der Waals surface area contributed by atoms with E-state index in [2.05, 4.69) is 31.8 Å². The van der Waals surface area contributed by atoms with Gasteiger partial charge in [-0.05, 0) is 0 Å². The Labute approximate surface area is 193 Å². The second kappa shape index (κ2) is 8.18. The second-order valence-electron chi connectivity index (χ2n) is 10.7. The zero-order chi connectivity index (χ0) is 23.2. The van der Waals surface area contributed by atoms with E-state index in [1.165, 1.54) is 15.7 Å². The number of rotatable bonds is 4. The first kappa shape index (κ1) is 24.2. The Morgan fingerprint density at radius 1 is 1.19 bits per heavy atom. The molecule has 3 atom stereocenters. The zero-order valence-electron chi connectivity index (χ0n) is 19.8. The molecule has 2 aliphatic rings. The van der Waals surface area contributed by atoms with Gasteiger partial charge in [0.2, 0.25) is 0 Å². The van der Waals surface area contributed by atoms with Gasteiger partial charge in [-0.15, -0.1) is 0 Å². The van der Waals surface area contributed by atoms with Crippen molar-refractivity contribution in [3.8, 4) is 0 Å². The van der Waals surface area contributed by atoms with Gasteiger partial charge in [0.15, 0.2) is 0 Å². The summed E-state index contributed by atoms with van der Waals surface area (Å²) < 4.78 is 20.1. The molecule has 1 spiro atoms. The van der Waals surface area contributed by atoms with Crippen molar-refractivity contribution >= 4 is 39.4 Å². The van der Waals surface area contributed by atoms with Gasteiger partial charge < -0.3 is 0 Å². The number of ether oxygens (including phenoxy) is 3. The minimum atomic E-state index is -1.80. The molecule has 0 aromatic heterocycles. The van der Waals surface area contributed by atoms with E-state index in [9.17, 15) is 9.59 Å². The molecule has 2 fully saturated rings. The van der Waals surface area contributed by atoms with Crippen LogP contribution in [0, 0.1) is 11.3 Å². The molecule has 7 heteroatoms. The summed E-state index contributed by atoms with van der Waals surface area (Å²) in [5.41, 5.74) is -0.493. The summed E-state index contributed by atoms with van der Waals surface area (Å²) in [5.74, 6) is -2.18. The normalized spacial score (nSPS) is 30.5. The summed E-state index contributed by atoms with van der Waals surface area (Å²) in [7, 11) is -0.394. The van der Waals surface area contributed by atoms with Gasteiger partial charge in [0.1, 0.15) is 0 Å². The maximum absolute atomic E-state index is 13.2. The molecule has 1 aromatic rings. The molecule has 1 aromatic carbocycles. The van der Waals surface area contributed by atoms with Crippen molar-refractivity contribution in [2.75, 3.05) is 7.11 Å². The van der Waals surface area contributed by atoms with E-state index in [4.69, 9.17) is 14.2 Å². The Morgan fingerprint density at radius 2 is 1.81 bits per heavy atom. The van der Waals surface area contributed by atoms with Crippen LogP contribution in [0.2, 0.25) is 19.6 Å². The van der Waals surface area contributed by atoms with E-state index < -0.39 is 30.8 Å². The van der Waals surface area contributed by atoms with Gasteiger partial charge in [0.25, 0.3) is 0 Å². The van der Waals surface area contributed by atoms with Gasteiger partial charge in [-0.25, -0.2) is 0 Å². The van der Waals surface area contributed by atoms with Crippen molar-refractivity contribution < 1.29 is 23.8 Å². The topological polar surface area (TPSA) is 61.8 Å². The Morgan fingerprint density at radius 3 is 2.29 bits per heavy atom. The summed E-state index contributed by atoms with van der Waals surface area (Å²) in [6.07, 6.45) is 0.670. The summed E-state index contributed by atoms with van der Waals surface area (Å²) in [5, 5.41) is 0. The molecule has 31 heavy (non-hydrogen) atoms. The minimum absolute atomic E-state index is 0.0642. The van der Waals surface area contributed by atoms with E-state index in [-0.39, 0.29) is 33.3 Å². The van der Waals surface area contributed by atoms with E-state index in [1.807, 2.05) is 45.9 Å². The Bertz CT molecular complexity index is 899. The van der Waals surface area contributed by atoms with Crippen LogP contribution in [0.3, 0.4) is 0 Å². The van der Waals surface area contributed by atoms with Crippen molar-refractivity contribution in [1.29, 1.82) is 0 Å². The molecular formula is C24H34O5SeSi. The first-order chi connectivity index (χ1) is 14.2. The number of carbonyl (C=O) groups excluding carboxylic acids is 2. The summed E-state index contributed by atoms with van der Waals surface area (Å²) >= 11 is 0.0642. The van der Waals surface area contributed by atoms with Crippen LogP contribution in [-0.4, -0.2) is 53.5 Å². The summed E-state index contributed by atoms with van der Waals surface area (Å²) in [6.45, 7) is 14.7. The van der Waals surface area contributed by atoms with Crippen LogP contribution in [0.25, 0.3) is 0 Å². The molecule has 0 N–H and O–H groups in total. The molecule has 1 aliphatic heterocycles.